The Hall–Kier alpha value is -1.26. The van der Waals surface area contributed by atoms with Gasteiger partial charge in [0, 0.05) is 36.1 Å². The summed E-state index contributed by atoms with van der Waals surface area (Å²) in [5, 5.41) is 6.40. The molecule has 90 valence electrons. The first-order valence-corrected chi connectivity index (χ1v) is 6.49. The van der Waals surface area contributed by atoms with E-state index in [-0.39, 0.29) is 5.82 Å². The third kappa shape index (κ3) is 3.61. The minimum atomic E-state index is -0.148. The first-order chi connectivity index (χ1) is 8.25. The van der Waals surface area contributed by atoms with E-state index >= 15 is 0 Å². The zero-order valence-electron chi connectivity index (χ0n) is 9.74. The molecule has 0 aliphatic heterocycles. The molecule has 0 aliphatic rings. The van der Waals surface area contributed by atoms with Crippen molar-refractivity contribution in [3.63, 3.8) is 0 Å². The quantitative estimate of drug-likeness (QED) is 0.825. The lowest BCUT2D eigenvalue weighted by Gasteiger charge is -2.04. The van der Waals surface area contributed by atoms with Crippen LogP contribution in [0.3, 0.4) is 0 Å². The third-order valence-corrected chi connectivity index (χ3v) is 3.48. The van der Waals surface area contributed by atoms with Gasteiger partial charge in [-0.05, 0) is 13.0 Å². The minimum Gasteiger partial charge on any atom is -0.312 e. The predicted octanol–water partition coefficient (Wildman–Crippen LogP) is 2.92. The summed E-state index contributed by atoms with van der Waals surface area (Å²) in [6.45, 7) is 3.38. The molecule has 0 atom stereocenters. The summed E-state index contributed by atoms with van der Waals surface area (Å²) in [5.74, 6) is -0.148. The van der Waals surface area contributed by atoms with E-state index in [0.717, 1.165) is 23.7 Å². The molecular weight excluding hydrogens is 235 g/mol. The first-order valence-electron chi connectivity index (χ1n) is 5.61. The summed E-state index contributed by atoms with van der Waals surface area (Å²) in [6.07, 6.45) is 0.896. The van der Waals surface area contributed by atoms with Crippen molar-refractivity contribution in [3.05, 3.63) is 51.7 Å². The SMILES string of the molecule is Cc1csc(CCNCc2ccccc2F)n1. The number of benzene rings is 1. The number of halogens is 1. The number of hydrogen-bond donors (Lipinski definition) is 1. The summed E-state index contributed by atoms with van der Waals surface area (Å²) in [5.41, 5.74) is 1.78. The molecule has 2 rings (SSSR count). The number of hydrogen-bond acceptors (Lipinski definition) is 3. The molecule has 0 saturated carbocycles. The summed E-state index contributed by atoms with van der Waals surface area (Å²) >= 11 is 1.67. The Morgan fingerprint density at radius 3 is 2.88 bits per heavy atom. The predicted molar refractivity (Wildman–Crippen MR) is 68.7 cm³/mol. The number of aryl methyl sites for hydroxylation is 1. The molecule has 0 unspecified atom stereocenters. The standard InChI is InChI=1S/C13H15FN2S/c1-10-9-17-13(16-10)6-7-15-8-11-4-2-3-5-12(11)14/h2-5,9,15H,6-8H2,1H3. The smallest absolute Gasteiger partial charge is 0.127 e. The van der Waals surface area contributed by atoms with Crippen molar-refractivity contribution in [1.82, 2.24) is 10.3 Å². The van der Waals surface area contributed by atoms with Crippen LogP contribution in [-0.2, 0) is 13.0 Å². The minimum absolute atomic E-state index is 0.148. The van der Waals surface area contributed by atoms with Gasteiger partial charge in [0.2, 0.25) is 0 Å². The van der Waals surface area contributed by atoms with Crippen LogP contribution in [0.5, 0.6) is 0 Å². The molecule has 17 heavy (non-hydrogen) atoms. The first kappa shape index (κ1) is 12.2. The number of rotatable bonds is 5. The maximum Gasteiger partial charge on any atom is 0.127 e. The van der Waals surface area contributed by atoms with E-state index in [0.29, 0.717) is 12.1 Å². The van der Waals surface area contributed by atoms with Crippen LogP contribution in [0.4, 0.5) is 4.39 Å². The van der Waals surface area contributed by atoms with Gasteiger partial charge < -0.3 is 5.32 Å². The van der Waals surface area contributed by atoms with Gasteiger partial charge in [0.05, 0.1) is 5.01 Å². The Bertz CT molecular complexity index is 482. The van der Waals surface area contributed by atoms with Crippen molar-refractivity contribution >= 4 is 11.3 Å². The zero-order chi connectivity index (χ0) is 12.1. The second kappa shape index (κ2) is 5.89. The van der Waals surface area contributed by atoms with Crippen molar-refractivity contribution in [2.75, 3.05) is 6.54 Å². The number of nitrogens with one attached hydrogen (secondary N) is 1. The van der Waals surface area contributed by atoms with Gasteiger partial charge >= 0.3 is 0 Å². The fourth-order valence-corrected chi connectivity index (χ4v) is 2.35. The Balaban J connectivity index is 1.75. The molecule has 0 aliphatic carbocycles. The Kier molecular flexibility index (Phi) is 4.23. The van der Waals surface area contributed by atoms with Gasteiger partial charge in [-0.2, -0.15) is 0 Å². The zero-order valence-corrected chi connectivity index (χ0v) is 10.6. The maximum atomic E-state index is 13.3. The van der Waals surface area contributed by atoms with Crippen molar-refractivity contribution in [2.24, 2.45) is 0 Å². The van der Waals surface area contributed by atoms with Crippen LogP contribution in [0.25, 0.3) is 0 Å². The summed E-state index contributed by atoms with van der Waals surface area (Å²) < 4.78 is 13.3. The number of thiazole rings is 1. The Labute approximate surface area is 105 Å². The normalized spacial score (nSPS) is 10.7. The lowest BCUT2D eigenvalue weighted by atomic mass is 10.2. The molecule has 0 fully saturated rings. The monoisotopic (exact) mass is 250 g/mol. The average molecular weight is 250 g/mol. The summed E-state index contributed by atoms with van der Waals surface area (Å²) in [6, 6.07) is 6.85. The summed E-state index contributed by atoms with van der Waals surface area (Å²) in [4.78, 5) is 4.38. The van der Waals surface area contributed by atoms with Crippen molar-refractivity contribution < 1.29 is 4.39 Å². The molecule has 4 heteroatoms. The Morgan fingerprint density at radius 1 is 1.35 bits per heavy atom. The lowest BCUT2D eigenvalue weighted by Crippen LogP contribution is -2.17. The van der Waals surface area contributed by atoms with E-state index in [2.05, 4.69) is 10.3 Å². The van der Waals surface area contributed by atoms with Crippen LogP contribution in [0.15, 0.2) is 29.6 Å². The molecule has 1 heterocycles. The van der Waals surface area contributed by atoms with Crippen LogP contribution >= 0.6 is 11.3 Å². The van der Waals surface area contributed by atoms with E-state index in [1.54, 1.807) is 23.5 Å². The second-order valence-electron chi connectivity index (χ2n) is 3.90. The largest absolute Gasteiger partial charge is 0.312 e. The van der Waals surface area contributed by atoms with Gasteiger partial charge in [-0.15, -0.1) is 11.3 Å². The molecule has 0 amide bonds. The van der Waals surface area contributed by atoms with Gasteiger partial charge in [-0.3, -0.25) is 0 Å². The molecule has 1 aromatic carbocycles. The van der Waals surface area contributed by atoms with Crippen LogP contribution in [-0.4, -0.2) is 11.5 Å². The van der Waals surface area contributed by atoms with E-state index < -0.39 is 0 Å². The van der Waals surface area contributed by atoms with Crippen LogP contribution in [0.1, 0.15) is 16.3 Å². The fraction of sp³-hybridized carbons (Fsp3) is 0.308. The number of aromatic nitrogens is 1. The molecule has 2 aromatic rings. The third-order valence-electron chi connectivity index (χ3n) is 2.46. The van der Waals surface area contributed by atoms with Crippen LogP contribution < -0.4 is 5.32 Å². The van der Waals surface area contributed by atoms with Gasteiger partial charge in [0.1, 0.15) is 5.82 Å². The van der Waals surface area contributed by atoms with Crippen molar-refractivity contribution in [3.8, 4) is 0 Å². The molecule has 0 bridgehead atoms. The second-order valence-corrected chi connectivity index (χ2v) is 4.84. The molecule has 0 saturated heterocycles. The fourth-order valence-electron chi connectivity index (χ4n) is 1.58. The van der Waals surface area contributed by atoms with Gasteiger partial charge in [0.15, 0.2) is 0 Å². The van der Waals surface area contributed by atoms with Gasteiger partial charge in [-0.25, -0.2) is 9.37 Å². The average Bonchev–Trinajstić information content (AvgIpc) is 2.73. The molecular formula is C13H15FN2S. The van der Waals surface area contributed by atoms with Crippen LogP contribution in [0.2, 0.25) is 0 Å². The highest BCUT2D eigenvalue weighted by Gasteiger charge is 2.01. The van der Waals surface area contributed by atoms with Gasteiger partial charge in [0.25, 0.3) is 0 Å². The van der Waals surface area contributed by atoms with Crippen molar-refractivity contribution in [1.29, 1.82) is 0 Å². The molecule has 1 aromatic heterocycles. The lowest BCUT2D eigenvalue weighted by molar-refractivity contribution is 0.588. The molecule has 2 nitrogen and oxygen atoms in total. The van der Waals surface area contributed by atoms with E-state index in [9.17, 15) is 4.39 Å². The van der Waals surface area contributed by atoms with Crippen molar-refractivity contribution in [2.45, 2.75) is 19.9 Å². The Morgan fingerprint density at radius 2 is 2.18 bits per heavy atom. The van der Waals surface area contributed by atoms with Crippen LogP contribution in [0, 0.1) is 12.7 Å². The topological polar surface area (TPSA) is 24.9 Å². The highest BCUT2D eigenvalue weighted by molar-refractivity contribution is 7.09. The van der Waals surface area contributed by atoms with E-state index in [1.165, 1.54) is 6.07 Å². The van der Waals surface area contributed by atoms with E-state index in [1.807, 2.05) is 18.4 Å². The maximum absolute atomic E-state index is 13.3. The van der Waals surface area contributed by atoms with Gasteiger partial charge in [-0.1, -0.05) is 18.2 Å². The van der Waals surface area contributed by atoms with E-state index in [4.69, 9.17) is 0 Å². The highest BCUT2D eigenvalue weighted by Crippen LogP contribution is 2.09. The number of nitrogens with zero attached hydrogens (tertiary/aromatic N) is 1. The molecule has 0 radical (unpaired) electrons. The highest BCUT2D eigenvalue weighted by atomic mass is 32.1. The molecule has 0 spiro atoms. The molecule has 1 N–H and O–H groups in total. The summed E-state index contributed by atoms with van der Waals surface area (Å²) in [7, 11) is 0.